The predicted octanol–water partition coefficient (Wildman–Crippen LogP) is 4.84. The highest BCUT2D eigenvalue weighted by Crippen LogP contribution is 2.43. The fourth-order valence-electron chi connectivity index (χ4n) is 1.91. The molecule has 0 N–H and O–H groups in total. The normalized spacial score (nSPS) is 13.2. The fourth-order valence-corrected chi connectivity index (χ4v) is 1.91. The Morgan fingerprint density at radius 3 is 2.17 bits per heavy atom. The monoisotopic (exact) mass is 347 g/mol. The molecule has 0 bridgehead atoms. The number of aromatic nitrogens is 1. The molecule has 0 unspecified atom stereocenters. The Kier molecular flexibility index (Phi) is 4.28. The van der Waals surface area contributed by atoms with E-state index in [-0.39, 0.29) is 16.5 Å². The highest BCUT2D eigenvalue weighted by atomic mass is 19.4. The highest BCUT2D eigenvalue weighted by molar-refractivity contribution is 5.94. The van der Waals surface area contributed by atoms with Crippen molar-refractivity contribution in [2.75, 3.05) is 0 Å². The summed E-state index contributed by atoms with van der Waals surface area (Å²) in [6.45, 7) is 5.04. The van der Waals surface area contributed by atoms with E-state index >= 15 is 0 Å². The number of fused-ring (bicyclic) bond motifs is 1. The van der Waals surface area contributed by atoms with Crippen LogP contribution in [0.4, 0.5) is 22.0 Å². The SMILES string of the molecule is CC(C)(C)OC(=O)c1ccc2nc(C(F)(F)C(F)(F)F)ccc2c1. The third-order valence-corrected chi connectivity index (χ3v) is 3.00. The number of carbonyl (C=O) groups is 1. The minimum absolute atomic E-state index is 0.0799. The van der Waals surface area contributed by atoms with Crippen molar-refractivity contribution < 1.29 is 31.5 Å². The summed E-state index contributed by atoms with van der Waals surface area (Å²) in [5.41, 5.74) is -2.05. The first-order valence-electron chi connectivity index (χ1n) is 6.90. The van der Waals surface area contributed by atoms with Gasteiger partial charge in [-0.1, -0.05) is 6.07 Å². The van der Waals surface area contributed by atoms with Gasteiger partial charge in [0.1, 0.15) is 11.3 Å². The number of rotatable bonds is 2. The van der Waals surface area contributed by atoms with E-state index in [9.17, 15) is 26.7 Å². The minimum Gasteiger partial charge on any atom is -0.456 e. The molecule has 0 spiro atoms. The van der Waals surface area contributed by atoms with Crippen LogP contribution in [-0.2, 0) is 10.7 Å². The van der Waals surface area contributed by atoms with Crippen molar-refractivity contribution in [2.45, 2.75) is 38.5 Å². The van der Waals surface area contributed by atoms with Crippen LogP contribution in [-0.4, -0.2) is 22.7 Å². The quantitative estimate of drug-likeness (QED) is 0.576. The molecule has 0 amide bonds. The van der Waals surface area contributed by atoms with Crippen molar-refractivity contribution in [3.05, 3.63) is 41.6 Å². The maximum Gasteiger partial charge on any atom is 0.459 e. The smallest absolute Gasteiger partial charge is 0.456 e. The zero-order valence-electron chi connectivity index (χ0n) is 13.0. The number of pyridine rings is 1. The summed E-state index contributed by atoms with van der Waals surface area (Å²) in [5.74, 6) is -5.68. The zero-order valence-corrected chi connectivity index (χ0v) is 13.0. The number of benzene rings is 1. The van der Waals surface area contributed by atoms with Gasteiger partial charge in [0.15, 0.2) is 0 Å². The number of halogens is 5. The Morgan fingerprint density at radius 2 is 1.62 bits per heavy atom. The number of carbonyl (C=O) groups excluding carboxylic acids is 1. The lowest BCUT2D eigenvalue weighted by molar-refractivity contribution is -0.290. The molecule has 0 aliphatic rings. The lowest BCUT2D eigenvalue weighted by Gasteiger charge is -2.20. The van der Waals surface area contributed by atoms with Gasteiger partial charge in [0.05, 0.1) is 11.1 Å². The van der Waals surface area contributed by atoms with Crippen LogP contribution in [0, 0.1) is 0 Å². The molecule has 130 valence electrons. The summed E-state index contributed by atoms with van der Waals surface area (Å²) in [5, 5.41) is 0.250. The lowest BCUT2D eigenvalue weighted by Crippen LogP contribution is -2.34. The maximum atomic E-state index is 13.3. The van der Waals surface area contributed by atoms with Crippen molar-refractivity contribution in [1.82, 2.24) is 4.98 Å². The average Bonchev–Trinajstić information content (AvgIpc) is 2.43. The Bertz CT molecular complexity index is 778. The third-order valence-electron chi connectivity index (χ3n) is 3.00. The van der Waals surface area contributed by atoms with E-state index in [1.54, 1.807) is 20.8 Å². The van der Waals surface area contributed by atoms with E-state index in [1.807, 2.05) is 0 Å². The first-order chi connectivity index (χ1) is 10.8. The Balaban J connectivity index is 2.41. The van der Waals surface area contributed by atoms with E-state index < -0.39 is 29.4 Å². The van der Waals surface area contributed by atoms with Crippen LogP contribution >= 0.6 is 0 Å². The maximum absolute atomic E-state index is 13.3. The van der Waals surface area contributed by atoms with Crippen LogP contribution in [0.3, 0.4) is 0 Å². The van der Waals surface area contributed by atoms with E-state index in [0.717, 1.165) is 6.07 Å². The molecule has 3 nitrogen and oxygen atoms in total. The van der Waals surface area contributed by atoms with Gasteiger partial charge in [-0.2, -0.15) is 22.0 Å². The molecule has 0 saturated carbocycles. The molecule has 24 heavy (non-hydrogen) atoms. The van der Waals surface area contributed by atoms with Crippen LogP contribution < -0.4 is 0 Å². The van der Waals surface area contributed by atoms with Gasteiger partial charge in [-0.05, 0) is 45.0 Å². The summed E-state index contributed by atoms with van der Waals surface area (Å²) in [6, 6.07) is 5.44. The number of hydrogen-bond acceptors (Lipinski definition) is 3. The van der Waals surface area contributed by atoms with Gasteiger partial charge in [0.25, 0.3) is 0 Å². The van der Waals surface area contributed by atoms with Gasteiger partial charge in [-0.15, -0.1) is 0 Å². The number of esters is 1. The van der Waals surface area contributed by atoms with Crippen molar-refractivity contribution in [1.29, 1.82) is 0 Å². The van der Waals surface area contributed by atoms with Crippen molar-refractivity contribution in [3.63, 3.8) is 0 Å². The first kappa shape index (κ1) is 18.1. The third kappa shape index (κ3) is 3.63. The molecule has 1 aromatic heterocycles. The van der Waals surface area contributed by atoms with E-state index in [1.165, 1.54) is 18.2 Å². The summed E-state index contributed by atoms with van der Waals surface area (Å²) in [6.07, 6.45) is -5.73. The topological polar surface area (TPSA) is 39.2 Å². The fraction of sp³-hybridized carbons (Fsp3) is 0.375. The Morgan fingerprint density at radius 1 is 1.00 bits per heavy atom. The Labute approximate surface area is 134 Å². The summed E-state index contributed by atoms with van der Waals surface area (Å²) in [7, 11) is 0. The zero-order chi connectivity index (χ0) is 18.3. The van der Waals surface area contributed by atoms with Gasteiger partial charge in [0.2, 0.25) is 0 Å². The van der Waals surface area contributed by atoms with Gasteiger partial charge in [-0.25, -0.2) is 9.78 Å². The second-order valence-electron chi connectivity index (χ2n) is 6.18. The van der Waals surface area contributed by atoms with Crippen molar-refractivity contribution in [3.8, 4) is 0 Å². The van der Waals surface area contributed by atoms with Gasteiger partial charge in [0, 0.05) is 5.39 Å². The molecular formula is C16H14F5NO2. The van der Waals surface area contributed by atoms with Gasteiger partial charge in [-0.3, -0.25) is 0 Å². The molecule has 1 heterocycles. The summed E-state index contributed by atoms with van der Waals surface area (Å²) < 4.78 is 69.0. The molecule has 8 heteroatoms. The molecule has 0 fully saturated rings. The van der Waals surface area contributed by atoms with Crippen molar-refractivity contribution in [2.24, 2.45) is 0 Å². The van der Waals surface area contributed by atoms with Crippen LogP contribution in [0.1, 0.15) is 36.8 Å². The largest absolute Gasteiger partial charge is 0.459 e. The van der Waals surface area contributed by atoms with E-state index in [4.69, 9.17) is 4.74 Å². The molecule has 2 rings (SSSR count). The average molecular weight is 347 g/mol. The highest BCUT2D eigenvalue weighted by Gasteiger charge is 2.59. The number of ether oxygens (including phenoxy) is 1. The standard InChI is InChI=1S/C16H14F5NO2/c1-14(2,3)24-13(23)10-4-6-11-9(8-10)5-7-12(22-11)15(17,18)16(19,20)21/h4-8H,1-3H3. The molecule has 0 aliphatic heterocycles. The van der Waals surface area contributed by atoms with Crippen LogP contribution in [0.5, 0.6) is 0 Å². The lowest BCUT2D eigenvalue weighted by atomic mass is 10.1. The van der Waals surface area contributed by atoms with E-state index in [2.05, 4.69) is 4.98 Å². The molecule has 2 aromatic rings. The van der Waals surface area contributed by atoms with Gasteiger partial charge >= 0.3 is 18.1 Å². The van der Waals surface area contributed by atoms with Crippen LogP contribution in [0.25, 0.3) is 10.9 Å². The molecular weight excluding hydrogens is 333 g/mol. The first-order valence-corrected chi connectivity index (χ1v) is 6.90. The minimum atomic E-state index is -5.73. The molecule has 0 radical (unpaired) electrons. The van der Waals surface area contributed by atoms with Crippen molar-refractivity contribution >= 4 is 16.9 Å². The number of nitrogens with zero attached hydrogens (tertiary/aromatic N) is 1. The van der Waals surface area contributed by atoms with E-state index in [0.29, 0.717) is 6.07 Å². The summed E-state index contributed by atoms with van der Waals surface area (Å²) >= 11 is 0. The van der Waals surface area contributed by atoms with Gasteiger partial charge < -0.3 is 4.74 Å². The second-order valence-corrected chi connectivity index (χ2v) is 6.18. The second kappa shape index (κ2) is 5.68. The van der Waals surface area contributed by atoms with Crippen LogP contribution in [0.2, 0.25) is 0 Å². The number of hydrogen-bond donors (Lipinski definition) is 0. The predicted molar refractivity (Wildman–Crippen MR) is 76.9 cm³/mol. The van der Waals surface area contributed by atoms with Crippen LogP contribution in [0.15, 0.2) is 30.3 Å². The Hall–Kier alpha value is -2.25. The number of alkyl halides is 5. The molecule has 0 saturated heterocycles. The molecule has 0 atom stereocenters. The molecule has 0 aliphatic carbocycles. The molecule has 1 aromatic carbocycles. The summed E-state index contributed by atoms with van der Waals surface area (Å²) in [4.78, 5) is 15.3.